The van der Waals surface area contributed by atoms with Crippen molar-refractivity contribution in [1.29, 1.82) is 0 Å². The van der Waals surface area contributed by atoms with E-state index in [4.69, 9.17) is 0 Å². The van der Waals surface area contributed by atoms with Crippen LogP contribution in [-0.4, -0.2) is 24.4 Å². The van der Waals surface area contributed by atoms with E-state index in [1.807, 2.05) is 19.2 Å². The van der Waals surface area contributed by atoms with E-state index in [0.29, 0.717) is 0 Å². The maximum Gasteiger partial charge on any atom is 0.171 e. The normalized spacial score (nSPS) is 18.2. The first kappa shape index (κ1) is 10.3. The van der Waals surface area contributed by atoms with Gasteiger partial charge in [0.05, 0.1) is 0 Å². The van der Waals surface area contributed by atoms with E-state index in [2.05, 4.69) is 10.3 Å². The Hall–Kier alpha value is -1.22. The van der Waals surface area contributed by atoms with Gasteiger partial charge in [0.25, 0.3) is 0 Å². The predicted octanol–water partition coefficient (Wildman–Crippen LogP) is 1.65. The van der Waals surface area contributed by atoms with Crippen molar-refractivity contribution >= 4 is 5.78 Å². The number of aromatic nitrogens is 1. The number of pyridine rings is 1. The third-order valence-electron chi connectivity index (χ3n) is 3.23. The fraction of sp³-hybridized carbons (Fsp3) is 0.500. The number of hydrogen-bond donors (Lipinski definition) is 1. The van der Waals surface area contributed by atoms with Crippen LogP contribution in [0.4, 0.5) is 0 Å². The lowest BCUT2D eigenvalue weighted by molar-refractivity contribution is 0.0614. The first-order valence-corrected chi connectivity index (χ1v) is 5.38. The molecule has 0 saturated heterocycles. The van der Waals surface area contributed by atoms with Crippen molar-refractivity contribution in [2.24, 2.45) is 5.41 Å². The molecule has 1 saturated carbocycles. The number of hydrogen-bond acceptors (Lipinski definition) is 3. The summed E-state index contributed by atoms with van der Waals surface area (Å²) in [5.41, 5.74) is 0.588. The number of nitrogens with zero attached hydrogens (tertiary/aromatic N) is 1. The quantitative estimate of drug-likeness (QED) is 0.758. The summed E-state index contributed by atoms with van der Waals surface area (Å²) < 4.78 is 0. The van der Waals surface area contributed by atoms with Crippen molar-refractivity contribution in [2.75, 3.05) is 13.6 Å². The fourth-order valence-electron chi connectivity index (χ4n) is 2.23. The predicted molar refractivity (Wildman–Crippen MR) is 58.8 cm³/mol. The average molecular weight is 204 g/mol. The Kier molecular flexibility index (Phi) is 2.82. The Labute approximate surface area is 89.9 Å². The topological polar surface area (TPSA) is 42.0 Å². The highest BCUT2D eigenvalue weighted by Gasteiger charge is 2.43. The van der Waals surface area contributed by atoms with Gasteiger partial charge in [-0.3, -0.25) is 9.78 Å². The molecule has 1 N–H and O–H groups in total. The van der Waals surface area contributed by atoms with Crippen molar-refractivity contribution in [3.63, 3.8) is 0 Å². The minimum atomic E-state index is -0.155. The van der Waals surface area contributed by atoms with Gasteiger partial charge in [-0.25, -0.2) is 0 Å². The number of Topliss-reactive ketones (excluding diaryl/α,β-unsaturated/α-hetero) is 1. The van der Waals surface area contributed by atoms with Crippen molar-refractivity contribution in [1.82, 2.24) is 10.3 Å². The van der Waals surface area contributed by atoms with Crippen LogP contribution in [0.15, 0.2) is 24.5 Å². The highest BCUT2D eigenvalue weighted by Crippen LogP contribution is 2.42. The zero-order chi connectivity index (χ0) is 10.7. The summed E-state index contributed by atoms with van der Waals surface area (Å²) in [6.07, 6.45) is 6.52. The molecule has 15 heavy (non-hydrogen) atoms. The lowest BCUT2D eigenvalue weighted by atomic mass is 9.64. The van der Waals surface area contributed by atoms with Gasteiger partial charge in [-0.2, -0.15) is 0 Å². The van der Waals surface area contributed by atoms with Crippen molar-refractivity contribution < 1.29 is 4.79 Å². The minimum Gasteiger partial charge on any atom is -0.319 e. The van der Waals surface area contributed by atoms with Crippen LogP contribution in [0, 0.1) is 5.41 Å². The van der Waals surface area contributed by atoms with E-state index in [1.54, 1.807) is 12.4 Å². The van der Waals surface area contributed by atoms with Crippen LogP contribution in [0.2, 0.25) is 0 Å². The molecule has 0 amide bonds. The highest BCUT2D eigenvalue weighted by atomic mass is 16.1. The van der Waals surface area contributed by atoms with Crippen LogP contribution in [0.3, 0.4) is 0 Å². The minimum absolute atomic E-state index is 0.155. The maximum atomic E-state index is 12.3. The molecule has 3 nitrogen and oxygen atoms in total. The standard InChI is InChI=1S/C12H16N2O/c1-13-9-12(5-3-6-12)11(15)10-4-2-7-14-8-10/h2,4,7-8,13H,3,5-6,9H2,1H3. The molecule has 0 spiro atoms. The first-order valence-electron chi connectivity index (χ1n) is 5.38. The smallest absolute Gasteiger partial charge is 0.171 e. The molecule has 1 aromatic rings. The van der Waals surface area contributed by atoms with Gasteiger partial charge in [-0.15, -0.1) is 0 Å². The van der Waals surface area contributed by atoms with Gasteiger partial charge in [0, 0.05) is 29.9 Å². The zero-order valence-corrected chi connectivity index (χ0v) is 8.99. The van der Waals surface area contributed by atoms with E-state index in [0.717, 1.165) is 31.4 Å². The Bertz CT molecular complexity index is 344. The van der Waals surface area contributed by atoms with Gasteiger partial charge >= 0.3 is 0 Å². The molecule has 0 atom stereocenters. The van der Waals surface area contributed by atoms with Gasteiger partial charge in [-0.05, 0) is 32.0 Å². The van der Waals surface area contributed by atoms with Gasteiger partial charge in [0.2, 0.25) is 0 Å². The molecule has 1 aliphatic rings. The fourth-order valence-corrected chi connectivity index (χ4v) is 2.23. The molecule has 0 unspecified atom stereocenters. The molecule has 0 bridgehead atoms. The van der Waals surface area contributed by atoms with Crippen LogP contribution in [0.25, 0.3) is 0 Å². The summed E-state index contributed by atoms with van der Waals surface area (Å²) in [6, 6.07) is 3.67. The molecule has 2 rings (SSSR count). The lowest BCUT2D eigenvalue weighted by Crippen LogP contribution is -2.45. The summed E-state index contributed by atoms with van der Waals surface area (Å²) in [7, 11) is 1.90. The largest absolute Gasteiger partial charge is 0.319 e. The van der Waals surface area contributed by atoms with Crippen LogP contribution in [0.1, 0.15) is 29.6 Å². The molecule has 1 aromatic heterocycles. The number of carbonyl (C=O) groups is 1. The Morgan fingerprint density at radius 1 is 1.60 bits per heavy atom. The first-order chi connectivity index (χ1) is 7.28. The molecule has 80 valence electrons. The van der Waals surface area contributed by atoms with Crippen molar-refractivity contribution in [3.05, 3.63) is 30.1 Å². The van der Waals surface area contributed by atoms with Gasteiger partial charge in [-0.1, -0.05) is 6.42 Å². The molecule has 0 radical (unpaired) electrons. The van der Waals surface area contributed by atoms with Gasteiger partial charge < -0.3 is 5.32 Å². The summed E-state index contributed by atoms with van der Waals surface area (Å²) in [6.45, 7) is 0.778. The molecular formula is C12H16N2O. The molecular weight excluding hydrogens is 188 g/mol. The number of nitrogens with one attached hydrogen (secondary N) is 1. The van der Waals surface area contributed by atoms with Crippen molar-refractivity contribution in [3.8, 4) is 0 Å². The zero-order valence-electron chi connectivity index (χ0n) is 8.99. The lowest BCUT2D eigenvalue weighted by Gasteiger charge is -2.40. The highest BCUT2D eigenvalue weighted by molar-refractivity contribution is 6.01. The van der Waals surface area contributed by atoms with Gasteiger partial charge in [0.1, 0.15) is 0 Å². The summed E-state index contributed by atoms with van der Waals surface area (Å²) in [5, 5.41) is 3.12. The summed E-state index contributed by atoms with van der Waals surface area (Å²) in [5.74, 6) is 0.246. The molecule has 3 heteroatoms. The SMILES string of the molecule is CNCC1(C(=O)c2cccnc2)CCC1. The Balaban J connectivity index is 2.19. The Morgan fingerprint density at radius 2 is 2.40 bits per heavy atom. The van der Waals surface area contributed by atoms with Crippen LogP contribution in [0.5, 0.6) is 0 Å². The monoisotopic (exact) mass is 204 g/mol. The maximum absolute atomic E-state index is 12.3. The molecule has 1 fully saturated rings. The van der Waals surface area contributed by atoms with E-state index in [-0.39, 0.29) is 11.2 Å². The van der Waals surface area contributed by atoms with E-state index in [9.17, 15) is 4.79 Å². The molecule has 0 aliphatic heterocycles. The summed E-state index contributed by atoms with van der Waals surface area (Å²) in [4.78, 5) is 16.3. The number of rotatable bonds is 4. The van der Waals surface area contributed by atoms with Crippen molar-refractivity contribution in [2.45, 2.75) is 19.3 Å². The number of ketones is 1. The molecule has 0 aromatic carbocycles. The second kappa shape index (κ2) is 4.11. The second-order valence-corrected chi connectivity index (χ2v) is 4.24. The van der Waals surface area contributed by atoms with Crippen LogP contribution >= 0.6 is 0 Å². The van der Waals surface area contributed by atoms with E-state index in [1.165, 1.54) is 0 Å². The van der Waals surface area contributed by atoms with Gasteiger partial charge in [0.15, 0.2) is 5.78 Å². The molecule has 1 aliphatic carbocycles. The van der Waals surface area contributed by atoms with E-state index < -0.39 is 0 Å². The average Bonchev–Trinajstić information content (AvgIpc) is 2.24. The third kappa shape index (κ3) is 1.79. The third-order valence-corrected chi connectivity index (χ3v) is 3.23. The van der Waals surface area contributed by atoms with E-state index >= 15 is 0 Å². The Morgan fingerprint density at radius 3 is 2.87 bits per heavy atom. The van der Waals surface area contributed by atoms with Crippen LogP contribution in [-0.2, 0) is 0 Å². The summed E-state index contributed by atoms with van der Waals surface area (Å²) >= 11 is 0. The number of carbonyl (C=O) groups excluding carboxylic acids is 1. The molecule has 1 heterocycles. The second-order valence-electron chi connectivity index (χ2n) is 4.24. The van der Waals surface area contributed by atoms with Crippen LogP contribution < -0.4 is 5.32 Å².